The Kier molecular flexibility index (Phi) is 8.52. The normalized spacial score (nSPS) is 12.2. The van der Waals surface area contributed by atoms with Crippen molar-refractivity contribution in [2.24, 2.45) is 0 Å². The van der Waals surface area contributed by atoms with Gasteiger partial charge in [-0.25, -0.2) is 4.98 Å². The van der Waals surface area contributed by atoms with Gasteiger partial charge in [0.2, 0.25) is 0 Å². The minimum atomic E-state index is -4.42. The number of ether oxygens (including phenoxy) is 1. The van der Waals surface area contributed by atoms with E-state index in [0.29, 0.717) is 17.3 Å². The third kappa shape index (κ3) is 6.21. The van der Waals surface area contributed by atoms with E-state index in [0.717, 1.165) is 43.9 Å². The SMILES string of the molecule is C=CN(c1cc(C[C@H](C)c2ccccc2C(F)(F)F)c(C(=C)OC)s1)c1ccc(-c2ccnc(Cl)c2)cc1C. The number of methoxy groups -OCH3 is 1. The summed E-state index contributed by atoms with van der Waals surface area (Å²) in [6.45, 7) is 11.9. The van der Waals surface area contributed by atoms with Gasteiger partial charge in [-0.3, -0.25) is 0 Å². The van der Waals surface area contributed by atoms with Gasteiger partial charge in [0.15, 0.2) is 0 Å². The zero-order chi connectivity index (χ0) is 28.3. The summed E-state index contributed by atoms with van der Waals surface area (Å²) in [5.74, 6) is 0.0715. The molecule has 0 aliphatic heterocycles. The minimum absolute atomic E-state index is 0.259. The molecule has 0 radical (unpaired) electrons. The van der Waals surface area contributed by atoms with E-state index in [1.807, 2.05) is 42.2 Å². The van der Waals surface area contributed by atoms with Crippen LogP contribution in [0, 0.1) is 6.92 Å². The molecule has 4 aromatic rings. The molecule has 4 rings (SSSR count). The summed E-state index contributed by atoms with van der Waals surface area (Å²) in [5, 5.41) is 1.28. The number of rotatable bonds is 9. The average molecular weight is 569 g/mol. The van der Waals surface area contributed by atoms with Crippen molar-refractivity contribution in [3.8, 4) is 11.1 Å². The van der Waals surface area contributed by atoms with Crippen LogP contribution in [0.1, 0.15) is 40.0 Å². The summed E-state index contributed by atoms with van der Waals surface area (Å²) in [7, 11) is 1.54. The Balaban J connectivity index is 1.70. The summed E-state index contributed by atoms with van der Waals surface area (Å²) in [5.41, 5.74) is 4.40. The fourth-order valence-corrected chi connectivity index (χ4v) is 5.96. The third-order valence-electron chi connectivity index (χ3n) is 6.56. The zero-order valence-corrected chi connectivity index (χ0v) is 23.4. The Bertz CT molecular complexity index is 1510. The van der Waals surface area contributed by atoms with Crippen molar-refractivity contribution >= 4 is 39.4 Å². The van der Waals surface area contributed by atoms with Crippen LogP contribution >= 0.6 is 22.9 Å². The van der Waals surface area contributed by atoms with Crippen LogP contribution in [0.2, 0.25) is 5.15 Å². The van der Waals surface area contributed by atoms with Crippen molar-refractivity contribution in [2.75, 3.05) is 12.0 Å². The third-order valence-corrected chi connectivity index (χ3v) is 7.98. The van der Waals surface area contributed by atoms with Crippen LogP contribution in [0.15, 0.2) is 86.2 Å². The summed E-state index contributed by atoms with van der Waals surface area (Å²) in [6, 6.07) is 17.5. The van der Waals surface area contributed by atoms with E-state index in [1.165, 1.54) is 24.5 Å². The van der Waals surface area contributed by atoms with Gasteiger partial charge < -0.3 is 9.64 Å². The molecule has 0 aliphatic carbocycles. The van der Waals surface area contributed by atoms with E-state index in [2.05, 4.69) is 24.2 Å². The molecule has 39 heavy (non-hydrogen) atoms. The number of hydrogen-bond acceptors (Lipinski definition) is 4. The number of halogens is 4. The molecule has 0 unspecified atom stereocenters. The summed E-state index contributed by atoms with van der Waals surface area (Å²) >= 11 is 7.54. The quantitative estimate of drug-likeness (QED) is 0.148. The lowest BCUT2D eigenvalue weighted by Crippen LogP contribution is -2.12. The molecule has 0 fully saturated rings. The van der Waals surface area contributed by atoms with Crippen molar-refractivity contribution in [3.63, 3.8) is 0 Å². The Labute approximate surface area is 235 Å². The van der Waals surface area contributed by atoms with Crippen LogP contribution in [0.5, 0.6) is 0 Å². The maximum Gasteiger partial charge on any atom is 0.416 e. The highest BCUT2D eigenvalue weighted by Gasteiger charge is 2.34. The van der Waals surface area contributed by atoms with Crippen LogP contribution < -0.4 is 4.90 Å². The molecule has 0 spiro atoms. The molecule has 1 atom stereocenters. The van der Waals surface area contributed by atoms with E-state index in [-0.39, 0.29) is 11.5 Å². The van der Waals surface area contributed by atoms with Gasteiger partial charge in [0, 0.05) is 18.1 Å². The van der Waals surface area contributed by atoms with Gasteiger partial charge >= 0.3 is 6.18 Å². The topological polar surface area (TPSA) is 25.4 Å². The molecule has 2 aromatic heterocycles. The fourth-order valence-electron chi connectivity index (χ4n) is 4.63. The smallest absolute Gasteiger partial charge is 0.416 e. The molecule has 8 heteroatoms. The van der Waals surface area contributed by atoms with Crippen molar-refractivity contribution < 1.29 is 17.9 Å². The first kappa shape index (κ1) is 28.5. The zero-order valence-electron chi connectivity index (χ0n) is 21.8. The van der Waals surface area contributed by atoms with E-state index in [9.17, 15) is 13.2 Å². The number of anilines is 2. The molecule has 2 heterocycles. The highest BCUT2D eigenvalue weighted by Crippen LogP contribution is 2.43. The predicted molar refractivity (Wildman–Crippen MR) is 156 cm³/mol. The lowest BCUT2D eigenvalue weighted by atomic mass is 9.90. The predicted octanol–water partition coefficient (Wildman–Crippen LogP) is 10.0. The molecule has 0 aliphatic rings. The number of pyridine rings is 1. The summed E-state index contributed by atoms with van der Waals surface area (Å²) in [4.78, 5) is 6.80. The number of thiophene rings is 1. The van der Waals surface area contributed by atoms with Gasteiger partial charge in [-0.1, -0.05) is 55.9 Å². The molecule has 0 bridgehead atoms. The van der Waals surface area contributed by atoms with E-state index < -0.39 is 11.7 Å². The Hall–Kier alpha value is -3.55. The van der Waals surface area contributed by atoms with Crippen molar-refractivity contribution in [1.82, 2.24) is 4.98 Å². The first-order chi connectivity index (χ1) is 18.5. The first-order valence-corrected chi connectivity index (χ1v) is 13.4. The van der Waals surface area contributed by atoms with Gasteiger partial charge in [0.05, 0.1) is 17.6 Å². The Morgan fingerprint density at radius 3 is 2.49 bits per heavy atom. The number of aromatic nitrogens is 1. The van der Waals surface area contributed by atoms with Gasteiger partial charge in [0.25, 0.3) is 0 Å². The van der Waals surface area contributed by atoms with Crippen molar-refractivity contribution in [3.05, 3.63) is 119 Å². The summed E-state index contributed by atoms with van der Waals surface area (Å²) in [6.07, 6.45) is -0.646. The molecular weight excluding hydrogens is 541 g/mol. The van der Waals surface area contributed by atoms with Crippen LogP contribution in [0.3, 0.4) is 0 Å². The molecule has 0 amide bonds. The van der Waals surface area contributed by atoms with Gasteiger partial charge in [-0.05, 0) is 83.5 Å². The molecule has 0 saturated heterocycles. The Morgan fingerprint density at radius 1 is 1.13 bits per heavy atom. The number of hydrogen-bond donors (Lipinski definition) is 0. The van der Waals surface area contributed by atoms with Crippen LogP contribution in [-0.4, -0.2) is 12.1 Å². The average Bonchev–Trinajstić information content (AvgIpc) is 3.32. The number of aryl methyl sites for hydroxylation is 1. The second-order valence-corrected chi connectivity index (χ2v) is 10.6. The van der Waals surface area contributed by atoms with Crippen molar-refractivity contribution in [2.45, 2.75) is 32.4 Å². The molecule has 202 valence electrons. The van der Waals surface area contributed by atoms with E-state index in [1.54, 1.807) is 31.5 Å². The lowest BCUT2D eigenvalue weighted by molar-refractivity contribution is -0.138. The number of benzene rings is 2. The summed E-state index contributed by atoms with van der Waals surface area (Å²) < 4.78 is 46.5. The number of nitrogens with zero attached hydrogens (tertiary/aromatic N) is 2. The van der Waals surface area contributed by atoms with Crippen LogP contribution in [0.4, 0.5) is 23.9 Å². The largest absolute Gasteiger partial charge is 0.496 e. The lowest BCUT2D eigenvalue weighted by Gasteiger charge is -2.21. The van der Waals surface area contributed by atoms with Gasteiger partial charge in [-0.15, -0.1) is 11.3 Å². The second-order valence-electron chi connectivity index (χ2n) is 9.18. The molecular formula is C31H28ClF3N2OS. The second kappa shape index (κ2) is 11.7. The molecule has 2 aromatic carbocycles. The van der Waals surface area contributed by atoms with Crippen LogP contribution in [0.25, 0.3) is 16.9 Å². The van der Waals surface area contributed by atoms with E-state index >= 15 is 0 Å². The number of alkyl halides is 3. The maximum atomic E-state index is 13.7. The highest BCUT2D eigenvalue weighted by atomic mass is 35.5. The van der Waals surface area contributed by atoms with Crippen molar-refractivity contribution in [1.29, 1.82) is 0 Å². The van der Waals surface area contributed by atoms with E-state index in [4.69, 9.17) is 16.3 Å². The molecule has 3 nitrogen and oxygen atoms in total. The standard InChI is InChI=1S/C31H28ClF3N2OS/c1-6-37(27-12-11-22(16-20(27)3)23-13-14-36-28(32)17-23)29-18-24(30(39-29)21(4)38-5)15-19(2)25-9-7-8-10-26(25)31(33,34)35/h6-14,16-19H,1,4,15H2,2-3,5H3/t19-/m0/s1. The van der Waals surface area contributed by atoms with Gasteiger partial charge in [0.1, 0.15) is 15.9 Å². The minimum Gasteiger partial charge on any atom is -0.496 e. The van der Waals surface area contributed by atoms with Crippen LogP contribution in [-0.2, 0) is 17.3 Å². The highest BCUT2D eigenvalue weighted by molar-refractivity contribution is 7.17. The first-order valence-electron chi connectivity index (χ1n) is 12.2. The molecule has 0 saturated carbocycles. The maximum absolute atomic E-state index is 13.7. The Morgan fingerprint density at radius 2 is 1.85 bits per heavy atom. The monoisotopic (exact) mass is 568 g/mol. The fraction of sp³-hybridized carbons (Fsp3) is 0.194. The van der Waals surface area contributed by atoms with Gasteiger partial charge in [-0.2, -0.15) is 13.2 Å². The molecule has 0 N–H and O–H groups in total.